The van der Waals surface area contributed by atoms with Gasteiger partial charge in [0, 0.05) is 0 Å². The zero-order valence-corrected chi connectivity index (χ0v) is 12.5. The van der Waals surface area contributed by atoms with Gasteiger partial charge < -0.3 is 4.74 Å². The van der Waals surface area contributed by atoms with Crippen LogP contribution in [0.3, 0.4) is 0 Å². The Labute approximate surface area is 111 Å². The average Bonchev–Trinajstić information content (AvgIpc) is 2.71. The van der Waals surface area contributed by atoms with E-state index in [2.05, 4.69) is 6.92 Å². The second-order valence-corrected chi connectivity index (χ2v) is 6.83. The first-order valence-electron chi connectivity index (χ1n) is 6.96. The maximum absolute atomic E-state index is 11.0. The molecular formula is C13H26O4S. The minimum absolute atomic E-state index is 0.0732. The lowest BCUT2D eigenvalue weighted by Crippen LogP contribution is -2.28. The molecule has 5 heteroatoms. The van der Waals surface area contributed by atoms with Crippen LogP contribution in [0.15, 0.2) is 0 Å². The van der Waals surface area contributed by atoms with E-state index in [4.69, 9.17) is 8.92 Å². The van der Waals surface area contributed by atoms with E-state index < -0.39 is 10.1 Å². The van der Waals surface area contributed by atoms with Crippen LogP contribution < -0.4 is 0 Å². The van der Waals surface area contributed by atoms with E-state index in [1.165, 1.54) is 25.7 Å². The first-order valence-corrected chi connectivity index (χ1v) is 8.77. The lowest BCUT2D eigenvalue weighted by molar-refractivity contribution is -0.0174. The quantitative estimate of drug-likeness (QED) is 0.506. The predicted molar refractivity (Wildman–Crippen MR) is 72.0 cm³/mol. The van der Waals surface area contributed by atoms with E-state index in [0.717, 1.165) is 25.5 Å². The molecule has 0 saturated carbocycles. The number of rotatable bonds is 8. The van der Waals surface area contributed by atoms with Crippen molar-refractivity contribution in [3.05, 3.63) is 0 Å². The molecule has 0 amide bonds. The van der Waals surface area contributed by atoms with Crippen molar-refractivity contribution in [1.29, 1.82) is 0 Å². The van der Waals surface area contributed by atoms with Crippen molar-refractivity contribution in [1.82, 2.24) is 0 Å². The molecule has 0 aromatic rings. The van der Waals surface area contributed by atoms with Crippen LogP contribution >= 0.6 is 0 Å². The summed E-state index contributed by atoms with van der Waals surface area (Å²) in [6, 6.07) is 0. The molecule has 0 spiro atoms. The number of unbranched alkanes of at least 4 members (excludes halogenated alkanes) is 3. The van der Waals surface area contributed by atoms with Crippen molar-refractivity contribution < 1.29 is 17.3 Å². The van der Waals surface area contributed by atoms with Gasteiger partial charge in [-0.15, -0.1) is 0 Å². The van der Waals surface area contributed by atoms with E-state index in [1.807, 2.05) is 0 Å². The number of ether oxygens (including phenoxy) is 1. The van der Waals surface area contributed by atoms with Gasteiger partial charge in [0.25, 0.3) is 10.1 Å². The van der Waals surface area contributed by atoms with Gasteiger partial charge in [-0.05, 0) is 26.2 Å². The highest BCUT2D eigenvalue weighted by Gasteiger charge is 2.31. The second-order valence-electron chi connectivity index (χ2n) is 5.23. The maximum Gasteiger partial charge on any atom is 0.264 e. The molecule has 0 aliphatic carbocycles. The molecule has 3 atom stereocenters. The van der Waals surface area contributed by atoms with Crippen molar-refractivity contribution in [2.24, 2.45) is 0 Å². The highest BCUT2D eigenvalue weighted by atomic mass is 32.2. The summed E-state index contributed by atoms with van der Waals surface area (Å²) in [4.78, 5) is 0. The van der Waals surface area contributed by atoms with Crippen LogP contribution in [0.5, 0.6) is 0 Å². The van der Waals surface area contributed by atoms with E-state index in [9.17, 15) is 8.42 Å². The van der Waals surface area contributed by atoms with Crippen molar-refractivity contribution in [3.63, 3.8) is 0 Å². The van der Waals surface area contributed by atoms with Crippen LogP contribution in [-0.4, -0.2) is 33.0 Å². The summed E-state index contributed by atoms with van der Waals surface area (Å²) in [6.45, 7) is 3.97. The molecule has 18 heavy (non-hydrogen) atoms. The van der Waals surface area contributed by atoms with Crippen LogP contribution in [0.25, 0.3) is 0 Å². The molecular weight excluding hydrogens is 252 g/mol. The van der Waals surface area contributed by atoms with Crippen LogP contribution in [-0.2, 0) is 19.0 Å². The Bertz CT molecular complexity index is 326. The molecule has 0 aromatic carbocycles. The van der Waals surface area contributed by atoms with Gasteiger partial charge in [-0.3, -0.25) is 4.18 Å². The molecule has 1 aliphatic rings. The smallest absolute Gasteiger partial charge is 0.264 e. The predicted octanol–water partition coefficient (Wildman–Crippen LogP) is 2.87. The first kappa shape index (κ1) is 15.9. The van der Waals surface area contributed by atoms with Gasteiger partial charge in [-0.25, -0.2) is 0 Å². The first-order chi connectivity index (χ1) is 8.42. The second kappa shape index (κ2) is 7.46. The fourth-order valence-electron chi connectivity index (χ4n) is 2.43. The van der Waals surface area contributed by atoms with Gasteiger partial charge in [0.2, 0.25) is 0 Å². The third-order valence-electron chi connectivity index (χ3n) is 3.37. The molecule has 4 nitrogen and oxygen atoms in total. The molecule has 1 aliphatic heterocycles. The molecule has 108 valence electrons. The summed E-state index contributed by atoms with van der Waals surface area (Å²) in [5.74, 6) is 0. The highest BCUT2D eigenvalue weighted by molar-refractivity contribution is 7.86. The maximum atomic E-state index is 11.0. The molecule has 0 radical (unpaired) electrons. The van der Waals surface area contributed by atoms with Gasteiger partial charge in [-0.1, -0.05) is 32.6 Å². The lowest BCUT2D eigenvalue weighted by Gasteiger charge is -2.19. The van der Waals surface area contributed by atoms with Gasteiger partial charge in [0.15, 0.2) is 0 Å². The summed E-state index contributed by atoms with van der Waals surface area (Å²) in [5.41, 5.74) is 0. The van der Waals surface area contributed by atoms with E-state index in [1.54, 1.807) is 6.92 Å². The van der Waals surface area contributed by atoms with Gasteiger partial charge in [-0.2, -0.15) is 8.42 Å². The van der Waals surface area contributed by atoms with Crippen molar-refractivity contribution in [2.75, 3.05) is 6.26 Å². The normalized spacial score (nSPS) is 26.4. The standard InChI is InChI=1S/C13H26O4S/c1-4-5-6-7-8-12-9-10-13(16-12)11(2)17-18(3,14)15/h11-13H,4-10H2,1-3H3/t11-,12+,13-/m1/s1. The van der Waals surface area contributed by atoms with Gasteiger partial charge in [0.05, 0.1) is 18.5 Å². The van der Waals surface area contributed by atoms with E-state index in [-0.39, 0.29) is 18.3 Å². The number of hydrogen-bond donors (Lipinski definition) is 0. The Morgan fingerprint density at radius 1 is 1.28 bits per heavy atom. The minimum Gasteiger partial charge on any atom is -0.372 e. The number of hydrogen-bond acceptors (Lipinski definition) is 4. The summed E-state index contributed by atoms with van der Waals surface area (Å²) in [7, 11) is -3.38. The summed E-state index contributed by atoms with van der Waals surface area (Å²) in [5, 5.41) is 0. The zero-order chi connectivity index (χ0) is 13.6. The summed E-state index contributed by atoms with van der Waals surface area (Å²) < 4.78 is 32.9. The van der Waals surface area contributed by atoms with Crippen molar-refractivity contribution >= 4 is 10.1 Å². The lowest BCUT2D eigenvalue weighted by atomic mass is 10.1. The molecule has 0 unspecified atom stereocenters. The van der Waals surface area contributed by atoms with Crippen molar-refractivity contribution in [2.45, 2.75) is 77.1 Å². The largest absolute Gasteiger partial charge is 0.372 e. The fraction of sp³-hybridized carbons (Fsp3) is 1.00. The monoisotopic (exact) mass is 278 g/mol. The molecule has 1 saturated heterocycles. The Balaban J connectivity index is 2.24. The highest BCUT2D eigenvalue weighted by Crippen LogP contribution is 2.27. The van der Waals surface area contributed by atoms with Crippen molar-refractivity contribution in [3.8, 4) is 0 Å². The van der Waals surface area contributed by atoms with Gasteiger partial charge >= 0.3 is 0 Å². The van der Waals surface area contributed by atoms with Crippen LogP contribution in [0.2, 0.25) is 0 Å². The molecule has 0 N–H and O–H groups in total. The molecule has 1 rings (SSSR count). The minimum atomic E-state index is -3.38. The average molecular weight is 278 g/mol. The Hall–Kier alpha value is -0.130. The van der Waals surface area contributed by atoms with Gasteiger partial charge in [0.1, 0.15) is 6.10 Å². The van der Waals surface area contributed by atoms with Crippen LogP contribution in [0.1, 0.15) is 58.8 Å². The molecule has 0 bridgehead atoms. The van der Waals surface area contributed by atoms with E-state index >= 15 is 0 Å². The summed E-state index contributed by atoms with van der Waals surface area (Å²) >= 11 is 0. The zero-order valence-electron chi connectivity index (χ0n) is 11.7. The SMILES string of the molecule is CCCCCC[C@H]1CC[C@H]([C@@H](C)OS(C)(=O)=O)O1. The Morgan fingerprint density at radius 2 is 2.00 bits per heavy atom. The van der Waals surface area contributed by atoms with E-state index in [0.29, 0.717) is 0 Å². The third kappa shape index (κ3) is 6.16. The fourth-order valence-corrected chi connectivity index (χ4v) is 3.10. The topological polar surface area (TPSA) is 52.6 Å². The van der Waals surface area contributed by atoms with Crippen LogP contribution in [0.4, 0.5) is 0 Å². The molecule has 0 aromatic heterocycles. The molecule has 1 heterocycles. The Morgan fingerprint density at radius 3 is 2.61 bits per heavy atom. The summed E-state index contributed by atoms with van der Waals surface area (Å²) in [6.07, 6.45) is 8.92. The van der Waals surface area contributed by atoms with Crippen LogP contribution in [0, 0.1) is 0 Å². The third-order valence-corrected chi connectivity index (χ3v) is 4.02. The Kier molecular flexibility index (Phi) is 6.60. The molecule has 1 fully saturated rings.